The largest absolute Gasteiger partial charge is 1.00 e. The molecule has 0 radical (unpaired) electrons. The number of Topliss-reactive ketones (excluding diaryl/α,β-unsaturated/α-hetero) is 1. The van der Waals surface area contributed by atoms with Crippen LogP contribution in [0.2, 0.25) is 5.15 Å². The highest BCUT2D eigenvalue weighted by atomic mass is 127. The van der Waals surface area contributed by atoms with Gasteiger partial charge in [-0.2, -0.15) is 0 Å². The first-order valence-corrected chi connectivity index (χ1v) is 6.90. The van der Waals surface area contributed by atoms with Crippen LogP contribution in [0, 0.1) is 0 Å². The van der Waals surface area contributed by atoms with Gasteiger partial charge < -0.3 is 24.0 Å². The molecule has 5 heteroatoms. The molecular formula is C16H18ClIN2O. The second kappa shape index (κ2) is 7.31. The molecule has 0 N–H and O–H groups in total. The standard InChI is InChI=1S/C16H18ClN2O.HI/c1-16(2,3)13-8-6-12(7-9-13)14(20)11-19-10-4-5-15(17)18-19;/h4-10H,11H2,1-3H3;1H/q+1;/p-1. The molecule has 2 aromatic rings. The summed E-state index contributed by atoms with van der Waals surface area (Å²) in [7, 11) is 0. The number of aromatic nitrogens is 2. The van der Waals surface area contributed by atoms with E-state index >= 15 is 0 Å². The molecule has 0 fully saturated rings. The minimum atomic E-state index is 0. The summed E-state index contributed by atoms with van der Waals surface area (Å²) in [4.78, 5) is 12.2. The van der Waals surface area contributed by atoms with Crippen LogP contribution in [0.3, 0.4) is 0 Å². The molecule has 112 valence electrons. The summed E-state index contributed by atoms with van der Waals surface area (Å²) in [6, 6.07) is 11.2. The van der Waals surface area contributed by atoms with E-state index in [9.17, 15) is 4.79 Å². The lowest BCUT2D eigenvalue weighted by Crippen LogP contribution is -3.00. The van der Waals surface area contributed by atoms with E-state index in [1.54, 1.807) is 23.0 Å². The summed E-state index contributed by atoms with van der Waals surface area (Å²) in [5.74, 6) is 0.0187. The average molecular weight is 417 g/mol. The third-order valence-corrected chi connectivity index (χ3v) is 3.30. The predicted octanol–water partition coefficient (Wildman–Crippen LogP) is 0.207. The second-order valence-electron chi connectivity index (χ2n) is 5.78. The van der Waals surface area contributed by atoms with Gasteiger partial charge in [0, 0.05) is 16.7 Å². The van der Waals surface area contributed by atoms with Gasteiger partial charge in [0.1, 0.15) is 0 Å². The number of halogens is 2. The summed E-state index contributed by atoms with van der Waals surface area (Å²) >= 11 is 5.80. The van der Waals surface area contributed by atoms with E-state index in [4.69, 9.17) is 11.6 Å². The van der Waals surface area contributed by atoms with E-state index in [0.29, 0.717) is 10.7 Å². The third-order valence-electron chi connectivity index (χ3n) is 3.09. The Bertz CT molecular complexity index is 621. The fourth-order valence-corrected chi connectivity index (χ4v) is 2.06. The molecule has 0 unspecified atom stereocenters. The first-order chi connectivity index (χ1) is 9.36. The number of nitrogens with zero attached hydrogens (tertiary/aromatic N) is 2. The highest BCUT2D eigenvalue weighted by Gasteiger charge is 2.17. The highest BCUT2D eigenvalue weighted by molar-refractivity contribution is 6.29. The molecular weight excluding hydrogens is 399 g/mol. The van der Waals surface area contributed by atoms with Gasteiger partial charge in [-0.05, 0) is 17.0 Å². The summed E-state index contributed by atoms with van der Waals surface area (Å²) in [5.41, 5.74) is 1.99. The quantitative estimate of drug-likeness (QED) is 0.407. The molecule has 21 heavy (non-hydrogen) atoms. The van der Waals surface area contributed by atoms with Crippen molar-refractivity contribution in [2.45, 2.75) is 32.7 Å². The zero-order valence-electron chi connectivity index (χ0n) is 12.3. The Labute approximate surface area is 147 Å². The lowest BCUT2D eigenvalue weighted by molar-refractivity contribution is -0.741. The number of carbonyl (C=O) groups excluding carboxylic acids is 1. The van der Waals surface area contributed by atoms with Crippen molar-refractivity contribution in [3.05, 3.63) is 58.9 Å². The van der Waals surface area contributed by atoms with E-state index in [1.165, 1.54) is 5.56 Å². The van der Waals surface area contributed by atoms with Crippen LogP contribution < -0.4 is 28.7 Å². The third kappa shape index (κ3) is 5.04. The van der Waals surface area contributed by atoms with Crippen LogP contribution in [0.4, 0.5) is 0 Å². The van der Waals surface area contributed by atoms with Gasteiger partial charge in [0.05, 0.1) is 0 Å². The molecule has 0 saturated heterocycles. The van der Waals surface area contributed by atoms with Crippen LogP contribution >= 0.6 is 11.6 Å². The van der Waals surface area contributed by atoms with E-state index < -0.39 is 0 Å². The normalized spacial score (nSPS) is 10.9. The van der Waals surface area contributed by atoms with Crippen LogP contribution in [0.25, 0.3) is 0 Å². The van der Waals surface area contributed by atoms with E-state index in [2.05, 4.69) is 25.9 Å². The molecule has 0 saturated carbocycles. The maximum absolute atomic E-state index is 12.2. The zero-order chi connectivity index (χ0) is 14.8. The smallest absolute Gasteiger partial charge is 0.236 e. The number of carbonyl (C=O) groups is 1. The Morgan fingerprint density at radius 1 is 1.19 bits per heavy atom. The molecule has 0 aliphatic rings. The fourth-order valence-electron chi connectivity index (χ4n) is 1.89. The molecule has 0 amide bonds. The second-order valence-corrected chi connectivity index (χ2v) is 6.17. The summed E-state index contributed by atoms with van der Waals surface area (Å²) in [6.45, 7) is 6.64. The lowest BCUT2D eigenvalue weighted by Gasteiger charge is -2.18. The number of ketones is 1. The Morgan fingerprint density at radius 2 is 1.81 bits per heavy atom. The van der Waals surface area contributed by atoms with Gasteiger partial charge in [-0.1, -0.05) is 61.3 Å². The van der Waals surface area contributed by atoms with Gasteiger partial charge in [0.2, 0.25) is 12.3 Å². The Balaban J connectivity index is 0.00000220. The van der Waals surface area contributed by atoms with Crippen molar-refractivity contribution in [1.82, 2.24) is 5.10 Å². The Morgan fingerprint density at radius 3 is 2.33 bits per heavy atom. The van der Waals surface area contributed by atoms with Gasteiger partial charge in [0.15, 0.2) is 11.3 Å². The van der Waals surface area contributed by atoms with Crippen molar-refractivity contribution in [3.63, 3.8) is 0 Å². The average Bonchev–Trinajstić information content (AvgIpc) is 2.38. The van der Waals surface area contributed by atoms with E-state index in [0.717, 1.165) is 0 Å². The Kier molecular flexibility index (Phi) is 6.28. The molecule has 2 rings (SSSR count). The molecule has 0 aliphatic heterocycles. The van der Waals surface area contributed by atoms with Crippen molar-refractivity contribution in [1.29, 1.82) is 0 Å². The van der Waals surface area contributed by atoms with Crippen LogP contribution in [0.5, 0.6) is 0 Å². The molecule has 0 spiro atoms. The van der Waals surface area contributed by atoms with Crippen molar-refractivity contribution >= 4 is 17.4 Å². The molecule has 1 heterocycles. The topological polar surface area (TPSA) is 33.8 Å². The summed E-state index contributed by atoms with van der Waals surface area (Å²) in [5, 5.41) is 4.43. The summed E-state index contributed by atoms with van der Waals surface area (Å²) < 4.78 is 1.54. The maximum Gasteiger partial charge on any atom is 0.236 e. The van der Waals surface area contributed by atoms with Crippen molar-refractivity contribution < 1.29 is 33.5 Å². The number of hydrogen-bond acceptors (Lipinski definition) is 2. The first kappa shape index (κ1) is 18.0. The predicted molar refractivity (Wildman–Crippen MR) is 78.9 cm³/mol. The highest BCUT2D eigenvalue weighted by Crippen LogP contribution is 2.22. The molecule has 1 aromatic heterocycles. The maximum atomic E-state index is 12.2. The summed E-state index contributed by atoms with van der Waals surface area (Å²) in [6.07, 6.45) is 1.73. The van der Waals surface area contributed by atoms with Crippen molar-refractivity contribution in [2.24, 2.45) is 0 Å². The van der Waals surface area contributed by atoms with Crippen LogP contribution in [0.1, 0.15) is 36.7 Å². The van der Waals surface area contributed by atoms with E-state index in [1.807, 2.05) is 24.3 Å². The van der Waals surface area contributed by atoms with Crippen molar-refractivity contribution in [2.75, 3.05) is 0 Å². The minimum absolute atomic E-state index is 0. The van der Waals surface area contributed by atoms with Crippen molar-refractivity contribution in [3.8, 4) is 0 Å². The molecule has 0 bridgehead atoms. The van der Waals surface area contributed by atoms with Gasteiger partial charge in [-0.15, -0.1) is 0 Å². The number of benzene rings is 1. The molecule has 0 atom stereocenters. The SMILES string of the molecule is CC(C)(C)c1ccc(C(=O)C[n+]2cccc(Cl)n2)cc1.[I-]. The molecule has 1 aromatic carbocycles. The van der Waals surface area contributed by atoms with E-state index in [-0.39, 0.29) is 41.7 Å². The van der Waals surface area contributed by atoms with Crippen LogP contribution in [0.15, 0.2) is 42.6 Å². The Hall–Kier alpha value is -1.01. The fraction of sp³-hybridized carbons (Fsp3) is 0.312. The van der Waals surface area contributed by atoms with Gasteiger partial charge in [-0.3, -0.25) is 4.79 Å². The lowest BCUT2D eigenvalue weighted by atomic mass is 9.86. The number of rotatable bonds is 3. The zero-order valence-corrected chi connectivity index (χ0v) is 15.2. The van der Waals surface area contributed by atoms with Crippen LogP contribution in [-0.2, 0) is 12.0 Å². The van der Waals surface area contributed by atoms with Gasteiger partial charge in [0.25, 0.3) is 0 Å². The van der Waals surface area contributed by atoms with Gasteiger partial charge >= 0.3 is 0 Å². The minimum Gasteiger partial charge on any atom is -1.00 e. The van der Waals surface area contributed by atoms with Gasteiger partial charge in [-0.25, -0.2) is 0 Å². The van der Waals surface area contributed by atoms with Crippen LogP contribution in [-0.4, -0.2) is 10.9 Å². The molecule has 0 aliphatic carbocycles. The first-order valence-electron chi connectivity index (χ1n) is 6.52. The number of hydrogen-bond donors (Lipinski definition) is 0. The molecule has 3 nitrogen and oxygen atoms in total. The monoisotopic (exact) mass is 416 g/mol.